The number of pyridine rings is 1. The number of aliphatic hydroxyl groups is 1. The first-order chi connectivity index (χ1) is 11.7. The van der Waals surface area contributed by atoms with Gasteiger partial charge in [-0.15, -0.1) is 0 Å². The van der Waals surface area contributed by atoms with Gasteiger partial charge >= 0.3 is 0 Å². The van der Waals surface area contributed by atoms with Gasteiger partial charge in [-0.25, -0.2) is 4.98 Å². The highest BCUT2D eigenvalue weighted by atomic mass is 35.5. The zero-order valence-corrected chi connectivity index (χ0v) is 13.2. The minimum atomic E-state index is -0.263. The van der Waals surface area contributed by atoms with Gasteiger partial charge in [0.1, 0.15) is 6.33 Å². The van der Waals surface area contributed by atoms with E-state index >= 15 is 0 Å². The molecule has 0 atom stereocenters. The average molecular weight is 342 g/mol. The molecular formula is C16H12ClN5O2. The van der Waals surface area contributed by atoms with E-state index in [0.29, 0.717) is 33.0 Å². The van der Waals surface area contributed by atoms with E-state index < -0.39 is 0 Å². The van der Waals surface area contributed by atoms with Gasteiger partial charge in [-0.05, 0) is 12.1 Å². The molecule has 0 aliphatic rings. The van der Waals surface area contributed by atoms with Gasteiger partial charge in [0, 0.05) is 23.3 Å². The second-order valence-corrected chi connectivity index (χ2v) is 5.62. The molecule has 0 spiro atoms. The van der Waals surface area contributed by atoms with Crippen molar-refractivity contribution in [3.63, 3.8) is 0 Å². The fraction of sp³-hybridized carbons (Fsp3) is 0.125. The van der Waals surface area contributed by atoms with Crippen molar-refractivity contribution in [1.82, 2.24) is 24.1 Å². The van der Waals surface area contributed by atoms with Crippen molar-refractivity contribution in [2.24, 2.45) is 0 Å². The van der Waals surface area contributed by atoms with Gasteiger partial charge in [0.2, 0.25) is 0 Å². The maximum absolute atomic E-state index is 12.9. The molecule has 0 unspecified atom stereocenters. The van der Waals surface area contributed by atoms with E-state index in [2.05, 4.69) is 15.1 Å². The van der Waals surface area contributed by atoms with Gasteiger partial charge in [0.25, 0.3) is 11.3 Å². The molecular weight excluding hydrogens is 330 g/mol. The third kappa shape index (κ3) is 2.17. The fourth-order valence-corrected chi connectivity index (χ4v) is 2.97. The summed E-state index contributed by atoms with van der Waals surface area (Å²) in [5.74, 6) is 0.386. The monoisotopic (exact) mass is 341 g/mol. The number of aliphatic hydroxyl groups excluding tert-OH is 1. The Kier molecular flexibility index (Phi) is 3.51. The molecule has 0 fully saturated rings. The Morgan fingerprint density at radius 1 is 1.21 bits per heavy atom. The van der Waals surface area contributed by atoms with Crippen molar-refractivity contribution in [2.45, 2.75) is 6.54 Å². The number of aromatic nitrogens is 5. The molecule has 0 saturated heterocycles. The van der Waals surface area contributed by atoms with Crippen molar-refractivity contribution >= 4 is 28.3 Å². The summed E-state index contributed by atoms with van der Waals surface area (Å²) >= 11 is 6.35. The zero-order valence-electron chi connectivity index (χ0n) is 12.4. The summed E-state index contributed by atoms with van der Waals surface area (Å²) in [6.45, 7) is 0.0674. The SMILES string of the molecule is O=c1c2c(-c3ccccc3Cl)n3ncnc3nc2ccn1CCO. The van der Waals surface area contributed by atoms with Crippen molar-refractivity contribution in [1.29, 1.82) is 0 Å². The van der Waals surface area contributed by atoms with E-state index in [1.807, 2.05) is 18.2 Å². The van der Waals surface area contributed by atoms with Crippen LogP contribution in [-0.4, -0.2) is 35.9 Å². The standard InChI is InChI=1S/C16H12ClN5O2/c17-11-4-2-1-3-10(11)14-13-12(20-16-18-9-19-22(14)16)5-6-21(7-8-23)15(13)24/h1-6,9,23H,7-8H2. The molecule has 0 aliphatic carbocycles. The predicted molar refractivity (Wildman–Crippen MR) is 90.1 cm³/mol. The highest BCUT2D eigenvalue weighted by Crippen LogP contribution is 2.31. The van der Waals surface area contributed by atoms with E-state index in [1.54, 1.807) is 18.3 Å². The zero-order chi connectivity index (χ0) is 16.7. The first kappa shape index (κ1) is 14.8. The van der Waals surface area contributed by atoms with Crippen LogP contribution in [0.15, 0.2) is 47.7 Å². The number of fused-ring (bicyclic) bond motifs is 2. The molecule has 1 N–H and O–H groups in total. The normalized spacial score (nSPS) is 11.4. The molecule has 0 radical (unpaired) electrons. The molecule has 24 heavy (non-hydrogen) atoms. The Hall–Kier alpha value is -2.77. The number of benzene rings is 1. The molecule has 0 saturated carbocycles. The van der Waals surface area contributed by atoms with Crippen molar-refractivity contribution in [3.05, 3.63) is 58.2 Å². The van der Waals surface area contributed by atoms with Crippen molar-refractivity contribution < 1.29 is 5.11 Å². The second-order valence-electron chi connectivity index (χ2n) is 5.21. The van der Waals surface area contributed by atoms with Gasteiger partial charge in [0.05, 0.1) is 23.2 Å². The molecule has 0 bridgehead atoms. The second kappa shape index (κ2) is 5.70. The Morgan fingerprint density at radius 3 is 2.83 bits per heavy atom. The number of nitrogens with zero attached hydrogens (tertiary/aromatic N) is 5. The number of hydrogen-bond acceptors (Lipinski definition) is 5. The minimum absolute atomic E-state index is 0.133. The Morgan fingerprint density at radius 2 is 2.04 bits per heavy atom. The van der Waals surface area contributed by atoms with Crippen LogP contribution in [0.2, 0.25) is 5.02 Å². The summed E-state index contributed by atoms with van der Waals surface area (Å²) in [6, 6.07) is 8.95. The third-order valence-electron chi connectivity index (χ3n) is 3.81. The van der Waals surface area contributed by atoms with Gasteiger partial charge in [0.15, 0.2) is 0 Å². The average Bonchev–Trinajstić information content (AvgIpc) is 3.05. The fourth-order valence-electron chi connectivity index (χ4n) is 2.75. The molecule has 7 nitrogen and oxygen atoms in total. The molecule has 1 aromatic carbocycles. The topological polar surface area (TPSA) is 85.3 Å². The number of halogens is 1. The summed E-state index contributed by atoms with van der Waals surface area (Å²) in [4.78, 5) is 21.4. The maximum Gasteiger partial charge on any atom is 0.262 e. The van der Waals surface area contributed by atoms with Crippen LogP contribution < -0.4 is 5.56 Å². The summed E-state index contributed by atoms with van der Waals surface area (Å²) in [7, 11) is 0. The predicted octanol–water partition coefficient (Wildman–Crippen LogP) is 1.75. The van der Waals surface area contributed by atoms with Crippen molar-refractivity contribution in [2.75, 3.05) is 6.61 Å². The molecule has 4 aromatic rings. The van der Waals surface area contributed by atoms with Gasteiger partial charge in [-0.2, -0.15) is 14.6 Å². The Balaban J connectivity index is 2.22. The maximum atomic E-state index is 12.9. The summed E-state index contributed by atoms with van der Waals surface area (Å²) in [6.07, 6.45) is 2.99. The highest BCUT2D eigenvalue weighted by molar-refractivity contribution is 6.33. The molecule has 4 rings (SSSR count). The lowest BCUT2D eigenvalue weighted by atomic mass is 10.1. The third-order valence-corrected chi connectivity index (χ3v) is 4.14. The van der Waals surface area contributed by atoms with Crippen LogP contribution in [0.3, 0.4) is 0 Å². The van der Waals surface area contributed by atoms with Gasteiger partial charge < -0.3 is 9.67 Å². The Labute approximate surface area is 140 Å². The summed E-state index contributed by atoms with van der Waals surface area (Å²) in [5.41, 5.74) is 1.45. The number of hydrogen-bond donors (Lipinski definition) is 1. The summed E-state index contributed by atoms with van der Waals surface area (Å²) in [5, 5.41) is 14.2. The van der Waals surface area contributed by atoms with Crippen LogP contribution in [0.25, 0.3) is 27.9 Å². The highest BCUT2D eigenvalue weighted by Gasteiger charge is 2.18. The largest absolute Gasteiger partial charge is 0.395 e. The van der Waals surface area contributed by atoms with E-state index in [1.165, 1.54) is 15.4 Å². The quantitative estimate of drug-likeness (QED) is 0.613. The van der Waals surface area contributed by atoms with Crippen LogP contribution >= 0.6 is 11.6 Å². The van der Waals surface area contributed by atoms with Crippen LogP contribution in [0.5, 0.6) is 0 Å². The van der Waals surface area contributed by atoms with Crippen LogP contribution in [0, 0.1) is 0 Å². The lowest BCUT2D eigenvalue weighted by Crippen LogP contribution is -2.22. The van der Waals surface area contributed by atoms with Gasteiger partial charge in [-0.1, -0.05) is 29.8 Å². The molecule has 3 aromatic heterocycles. The van der Waals surface area contributed by atoms with Crippen molar-refractivity contribution in [3.8, 4) is 11.3 Å². The molecule has 0 aliphatic heterocycles. The van der Waals surface area contributed by atoms with Crippen LogP contribution in [-0.2, 0) is 6.54 Å². The van der Waals surface area contributed by atoms with Crippen LogP contribution in [0.4, 0.5) is 0 Å². The lowest BCUT2D eigenvalue weighted by Gasteiger charge is -2.11. The Bertz CT molecular complexity index is 1120. The van der Waals surface area contributed by atoms with E-state index in [4.69, 9.17) is 16.7 Å². The van der Waals surface area contributed by atoms with E-state index in [0.717, 1.165) is 0 Å². The summed E-state index contributed by atoms with van der Waals surface area (Å²) < 4.78 is 2.95. The van der Waals surface area contributed by atoms with E-state index in [9.17, 15) is 4.79 Å². The minimum Gasteiger partial charge on any atom is -0.395 e. The molecule has 3 heterocycles. The van der Waals surface area contributed by atoms with Gasteiger partial charge in [-0.3, -0.25) is 4.79 Å². The lowest BCUT2D eigenvalue weighted by molar-refractivity contribution is 0.274. The number of rotatable bonds is 3. The van der Waals surface area contributed by atoms with Crippen LogP contribution in [0.1, 0.15) is 0 Å². The molecule has 0 amide bonds. The first-order valence-corrected chi connectivity index (χ1v) is 7.67. The molecule has 8 heteroatoms. The first-order valence-electron chi connectivity index (χ1n) is 7.29. The molecule has 120 valence electrons. The van der Waals surface area contributed by atoms with E-state index in [-0.39, 0.29) is 18.7 Å². The smallest absolute Gasteiger partial charge is 0.262 e.